The van der Waals surface area contributed by atoms with Gasteiger partial charge in [0.15, 0.2) is 6.29 Å². The quantitative estimate of drug-likeness (QED) is 0.321. The second-order valence-corrected chi connectivity index (χ2v) is 9.29. The van der Waals surface area contributed by atoms with E-state index in [2.05, 4.69) is 25.9 Å². The molecule has 2 aliphatic heterocycles. The molecular weight excluding hydrogens is 492 g/mol. The molecule has 0 spiro atoms. The molecule has 0 unspecified atom stereocenters. The van der Waals surface area contributed by atoms with E-state index in [1.54, 1.807) is 33.3 Å². The summed E-state index contributed by atoms with van der Waals surface area (Å²) in [5.74, 6) is -0.164. The second-order valence-electron chi connectivity index (χ2n) is 9.29. The van der Waals surface area contributed by atoms with E-state index in [4.69, 9.17) is 4.74 Å². The fraction of sp³-hybridized carbons (Fsp3) is 0.400. The molecule has 2 bridgehead atoms. The normalized spacial score (nSPS) is 18.8. The maximum Gasteiger partial charge on any atom is 0.328 e. The fourth-order valence-corrected chi connectivity index (χ4v) is 4.68. The lowest BCUT2D eigenvalue weighted by atomic mass is 9.58. The Hall–Kier alpha value is -4.57. The molecule has 4 heterocycles. The highest BCUT2D eigenvalue weighted by molar-refractivity contribution is 6.06. The topological polar surface area (TPSA) is 170 Å². The van der Waals surface area contributed by atoms with Gasteiger partial charge in [-0.25, -0.2) is 14.8 Å². The molecule has 3 aliphatic rings. The molecule has 0 atom stereocenters. The van der Waals surface area contributed by atoms with E-state index < -0.39 is 11.4 Å². The Labute approximate surface area is 219 Å². The first-order chi connectivity index (χ1) is 18.2. The molecule has 13 nitrogen and oxygen atoms in total. The number of carbonyl (C=O) groups is 4. The number of urea groups is 1. The summed E-state index contributed by atoms with van der Waals surface area (Å²) in [4.78, 5) is 61.5. The molecule has 3 N–H and O–H groups in total. The first-order valence-electron chi connectivity index (χ1n) is 11.9. The third-order valence-electron chi connectivity index (χ3n) is 6.73. The van der Waals surface area contributed by atoms with E-state index in [0.29, 0.717) is 49.1 Å². The van der Waals surface area contributed by atoms with Crippen molar-refractivity contribution in [2.45, 2.75) is 24.3 Å². The van der Waals surface area contributed by atoms with Crippen LogP contribution in [0.15, 0.2) is 24.4 Å². The van der Waals surface area contributed by atoms with Crippen molar-refractivity contribution in [2.24, 2.45) is 0 Å². The van der Waals surface area contributed by atoms with E-state index in [1.807, 2.05) is 6.07 Å². The Morgan fingerprint density at radius 2 is 2.08 bits per heavy atom. The Kier molecular flexibility index (Phi) is 7.54. The molecule has 1 saturated carbocycles. The molecule has 5 rings (SSSR count). The lowest BCUT2D eigenvalue weighted by Gasteiger charge is -2.55. The van der Waals surface area contributed by atoms with Gasteiger partial charge in [-0.3, -0.25) is 24.6 Å². The first-order valence-corrected chi connectivity index (χ1v) is 11.9. The molecule has 0 aromatic carbocycles. The van der Waals surface area contributed by atoms with Gasteiger partial charge < -0.3 is 20.3 Å². The number of rotatable bonds is 9. The number of anilines is 3. The first kappa shape index (κ1) is 26.5. The van der Waals surface area contributed by atoms with Gasteiger partial charge >= 0.3 is 6.03 Å². The monoisotopic (exact) mass is 520 g/mol. The molecule has 4 amide bonds. The predicted octanol–water partition coefficient (Wildman–Crippen LogP) is 0.876. The number of pyridine rings is 2. The van der Waals surface area contributed by atoms with Crippen molar-refractivity contribution in [2.75, 3.05) is 56.4 Å². The summed E-state index contributed by atoms with van der Waals surface area (Å²) >= 11 is 0. The number of aldehydes is 1. The van der Waals surface area contributed by atoms with Gasteiger partial charge in [-0.05, 0) is 18.9 Å². The van der Waals surface area contributed by atoms with Gasteiger partial charge in [-0.1, -0.05) is 6.07 Å². The summed E-state index contributed by atoms with van der Waals surface area (Å²) in [6.45, 7) is 0.722. The van der Waals surface area contributed by atoms with Crippen LogP contribution in [0.4, 0.5) is 22.1 Å². The molecule has 13 heteroatoms. The zero-order valence-corrected chi connectivity index (χ0v) is 21.3. The summed E-state index contributed by atoms with van der Waals surface area (Å²) in [5.41, 5.74) is 0.458. The Bertz CT molecular complexity index is 1320. The van der Waals surface area contributed by atoms with Crippen LogP contribution >= 0.6 is 0 Å². The van der Waals surface area contributed by atoms with Gasteiger partial charge in [-0.15, -0.1) is 0 Å². The zero-order chi connectivity index (χ0) is 27.4. The van der Waals surface area contributed by atoms with Gasteiger partial charge in [0.25, 0.3) is 0 Å². The van der Waals surface area contributed by atoms with Crippen LogP contribution in [0.2, 0.25) is 0 Å². The van der Waals surface area contributed by atoms with Crippen molar-refractivity contribution in [1.29, 1.82) is 5.26 Å². The highest BCUT2D eigenvalue weighted by Crippen LogP contribution is 2.54. The summed E-state index contributed by atoms with van der Waals surface area (Å²) in [5, 5.41) is 17.9. The van der Waals surface area contributed by atoms with Crippen molar-refractivity contribution < 1.29 is 23.9 Å². The largest absolute Gasteiger partial charge is 0.383 e. The van der Waals surface area contributed by atoms with Crippen LogP contribution in [0.3, 0.4) is 0 Å². The van der Waals surface area contributed by atoms with E-state index in [-0.39, 0.29) is 41.7 Å². The number of hydrogen-bond donors (Lipinski definition) is 3. The standard InChI is InChI=1S/C25H28N8O5/c1-32(2)21(35)13-29-23(36)25-9-17(10-25)33(22-18(25)5-4-16(14-34)30-22)24(37)31-20-8-19(27-6-7-38-3)15(11-26)12-28-20/h4-5,8,12,14,17H,6-7,9-10,13H2,1-3H3,(H,29,36)(H2,27,28,31,37). The Balaban J connectivity index is 1.59. The highest BCUT2D eigenvalue weighted by atomic mass is 16.5. The summed E-state index contributed by atoms with van der Waals surface area (Å²) in [6.07, 6.45) is 2.59. The molecule has 0 saturated heterocycles. The number of amides is 4. The van der Waals surface area contributed by atoms with Crippen LogP contribution in [0.5, 0.6) is 0 Å². The van der Waals surface area contributed by atoms with Gasteiger partial charge in [0.2, 0.25) is 11.8 Å². The number of nitrogens with zero attached hydrogens (tertiary/aromatic N) is 5. The molecule has 198 valence electrons. The molecule has 38 heavy (non-hydrogen) atoms. The van der Waals surface area contributed by atoms with E-state index in [0.717, 1.165) is 0 Å². The number of likely N-dealkylation sites (N-methyl/N-ethyl adjacent to an activating group) is 1. The van der Waals surface area contributed by atoms with E-state index in [9.17, 15) is 24.4 Å². The zero-order valence-electron chi connectivity index (χ0n) is 21.3. The predicted molar refractivity (Wildman–Crippen MR) is 137 cm³/mol. The average molecular weight is 521 g/mol. The SMILES string of the molecule is COCCNc1cc(NC(=O)N2c3nc(C=O)ccc3C3(C(=O)NCC(=O)N(C)C)CC2C3)ncc1C#N. The van der Waals surface area contributed by atoms with Crippen molar-refractivity contribution in [1.82, 2.24) is 20.2 Å². The van der Waals surface area contributed by atoms with Crippen LogP contribution in [-0.4, -0.2) is 85.9 Å². The number of carbonyl (C=O) groups excluding carboxylic acids is 4. The molecule has 1 fully saturated rings. The second kappa shape index (κ2) is 10.8. The summed E-state index contributed by atoms with van der Waals surface area (Å²) < 4.78 is 5.03. The van der Waals surface area contributed by atoms with Crippen molar-refractivity contribution in [3.05, 3.63) is 41.2 Å². The molecular formula is C25H28N8O5. The number of ether oxygens (including phenoxy) is 1. The highest BCUT2D eigenvalue weighted by Gasteiger charge is 2.60. The summed E-state index contributed by atoms with van der Waals surface area (Å²) in [7, 11) is 4.77. The minimum absolute atomic E-state index is 0.113. The van der Waals surface area contributed by atoms with Crippen LogP contribution in [0, 0.1) is 11.3 Å². The smallest absolute Gasteiger partial charge is 0.328 e. The number of nitrogens with one attached hydrogen (secondary N) is 3. The minimum Gasteiger partial charge on any atom is -0.383 e. The molecule has 1 aliphatic carbocycles. The van der Waals surface area contributed by atoms with Crippen molar-refractivity contribution in [3.63, 3.8) is 0 Å². The molecule has 0 radical (unpaired) electrons. The Morgan fingerprint density at radius 1 is 1.32 bits per heavy atom. The van der Waals surface area contributed by atoms with Crippen molar-refractivity contribution in [3.8, 4) is 6.07 Å². The minimum atomic E-state index is -0.955. The van der Waals surface area contributed by atoms with Crippen LogP contribution in [0.25, 0.3) is 0 Å². The third kappa shape index (κ3) is 4.85. The van der Waals surface area contributed by atoms with Gasteiger partial charge in [-0.2, -0.15) is 5.26 Å². The van der Waals surface area contributed by atoms with Crippen LogP contribution in [-0.2, 0) is 19.7 Å². The van der Waals surface area contributed by atoms with E-state index >= 15 is 0 Å². The van der Waals surface area contributed by atoms with Crippen LogP contribution in [0.1, 0.15) is 34.5 Å². The van der Waals surface area contributed by atoms with Crippen molar-refractivity contribution >= 4 is 41.5 Å². The number of aromatic nitrogens is 2. The Morgan fingerprint density at radius 3 is 2.74 bits per heavy atom. The summed E-state index contributed by atoms with van der Waals surface area (Å²) in [6, 6.07) is 5.84. The number of hydrogen-bond acceptors (Lipinski definition) is 9. The molecule has 2 aromatic rings. The van der Waals surface area contributed by atoms with E-state index in [1.165, 1.54) is 22.1 Å². The lowest BCUT2D eigenvalue weighted by Crippen LogP contribution is -2.66. The molecule has 2 aromatic heterocycles. The third-order valence-corrected chi connectivity index (χ3v) is 6.73. The van der Waals surface area contributed by atoms with Gasteiger partial charge in [0, 0.05) is 51.6 Å². The van der Waals surface area contributed by atoms with Gasteiger partial charge in [0.1, 0.15) is 23.4 Å². The van der Waals surface area contributed by atoms with Crippen LogP contribution < -0.4 is 20.9 Å². The number of nitriles is 1. The average Bonchev–Trinajstić information content (AvgIpc) is 2.89. The lowest BCUT2D eigenvalue weighted by molar-refractivity contribution is -0.135. The number of methoxy groups -OCH3 is 1. The fourth-order valence-electron chi connectivity index (χ4n) is 4.68. The van der Waals surface area contributed by atoms with Gasteiger partial charge in [0.05, 0.1) is 29.8 Å². The maximum atomic E-state index is 13.4. The maximum absolute atomic E-state index is 13.4.